The summed E-state index contributed by atoms with van der Waals surface area (Å²) in [7, 11) is 0. The molecule has 0 bridgehead atoms. The fourth-order valence-electron chi connectivity index (χ4n) is 4.76. The minimum Gasteiger partial charge on any atom is -0.466 e. The van der Waals surface area contributed by atoms with Crippen LogP contribution < -0.4 is 5.32 Å². The Morgan fingerprint density at radius 3 is 2.62 bits per heavy atom. The first-order chi connectivity index (χ1) is 15.6. The Kier molecular flexibility index (Phi) is 7.43. The molecule has 1 N–H and O–H groups in total. The number of likely N-dealkylation sites (tertiary alicyclic amines) is 1. The Balaban J connectivity index is 1.27. The average Bonchev–Trinajstić information content (AvgIpc) is 2.80. The number of amides is 2. The third-order valence-electron chi connectivity index (χ3n) is 6.39. The Bertz CT molecular complexity index is 928. The van der Waals surface area contributed by atoms with Gasteiger partial charge in [0.15, 0.2) is 0 Å². The van der Waals surface area contributed by atoms with Gasteiger partial charge in [-0.05, 0) is 60.9 Å². The van der Waals surface area contributed by atoms with Crippen LogP contribution in [0.15, 0.2) is 48.5 Å². The second kappa shape index (κ2) is 10.6. The molecule has 2 aliphatic rings. The smallest absolute Gasteiger partial charge is 0.321 e. The van der Waals surface area contributed by atoms with Crippen molar-refractivity contribution in [2.75, 3.05) is 38.1 Å². The zero-order chi connectivity index (χ0) is 22.3. The van der Waals surface area contributed by atoms with Gasteiger partial charge >= 0.3 is 12.0 Å². The molecule has 0 spiro atoms. The monoisotopic (exact) mass is 435 g/mol. The van der Waals surface area contributed by atoms with Gasteiger partial charge < -0.3 is 15.0 Å². The van der Waals surface area contributed by atoms with E-state index in [-0.39, 0.29) is 18.4 Å². The van der Waals surface area contributed by atoms with Crippen LogP contribution >= 0.6 is 0 Å². The number of rotatable bonds is 6. The van der Waals surface area contributed by atoms with Crippen molar-refractivity contribution in [3.8, 4) is 0 Å². The quantitative estimate of drug-likeness (QED) is 0.694. The maximum absolute atomic E-state index is 12.8. The van der Waals surface area contributed by atoms with E-state index < -0.39 is 0 Å². The lowest BCUT2D eigenvalue weighted by Crippen LogP contribution is -2.46. The molecule has 1 fully saturated rings. The minimum absolute atomic E-state index is 0.0446. The normalized spacial score (nSPS) is 18.7. The van der Waals surface area contributed by atoms with E-state index in [0.29, 0.717) is 12.5 Å². The number of nitrogens with zero attached hydrogens (tertiary/aromatic N) is 2. The molecule has 1 unspecified atom stereocenters. The Morgan fingerprint density at radius 1 is 1.06 bits per heavy atom. The van der Waals surface area contributed by atoms with Gasteiger partial charge in [0.05, 0.1) is 13.0 Å². The SMILES string of the molecule is CCOC(=O)Cc1ccc(NC(=O)N2CCCC(CN3CCc4ccccc4C3)C2)cc1. The molecule has 1 atom stereocenters. The van der Waals surface area contributed by atoms with Crippen LogP contribution in [0, 0.1) is 5.92 Å². The maximum Gasteiger partial charge on any atom is 0.321 e. The molecule has 1 saturated heterocycles. The zero-order valence-corrected chi connectivity index (χ0v) is 18.9. The van der Waals surface area contributed by atoms with E-state index in [9.17, 15) is 9.59 Å². The molecule has 6 heteroatoms. The molecule has 2 heterocycles. The number of hydrogen-bond donors (Lipinski definition) is 1. The van der Waals surface area contributed by atoms with Crippen molar-refractivity contribution in [3.05, 3.63) is 65.2 Å². The topological polar surface area (TPSA) is 61.9 Å². The zero-order valence-electron chi connectivity index (χ0n) is 18.9. The molecule has 32 heavy (non-hydrogen) atoms. The van der Waals surface area contributed by atoms with Gasteiger partial charge in [0.1, 0.15) is 0 Å². The standard InChI is InChI=1S/C26H33N3O3/c1-2-32-25(30)16-20-9-11-24(12-10-20)27-26(31)29-14-5-6-21(18-29)17-28-15-13-22-7-3-4-8-23(22)19-28/h3-4,7-12,21H,2,5-6,13-19H2,1H3,(H,27,31). The fourth-order valence-corrected chi connectivity index (χ4v) is 4.76. The fraction of sp³-hybridized carbons (Fsp3) is 0.462. The summed E-state index contributed by atoms with van der Waals surface area (Å²) in [5, 5.41) is 3.01. The Hall–Kier alpha value is -2.86. The number of benzene rings is 2. The van der Waals surface area contributed by atoms with Crippen LogP contribution in [0.2, 0.25) is 0 Å². The van der Waals surface area contributed by atoms with Crippen molar-refractivity contribution in [3.63, 3.8) is 0 Å². The summed E-state index contributed by atoms with van der Waals surface area (Å²) in [6.07, 6.45) is 3.57. The number of carbonyl (C=O) groups excluding carboxylic acids is 2. The second-order valence-corrected chi connectivity index (χ2v) is 8.82. The van der Waals surface area contributed by atoms with Crippen LogP contribution in [0.4, 0.5) is 10.5 Å². The summed E-state index contributed by atoms with van der Waals surface area (Å²) in [5.41, 5.74) is 4.54. The van der Waals surface area contributed by atoms with Gasteiger partial charge in [-0.1, -0.05) is 36.4 Å². The van der Waals surface area contributed by atoms with Crippen LogP contribution in [0.1, 0.15) is 36.5 Å². The van der Waals surface area contributed by atoms with E-state index in [1.807, 2.05) is 29.2 Å². The number of esters is 1. The van der Waals surface area contributed by atoms with Crippen LogP contribution in [-0.4, -0.2) is 54.6 Å². The van der Waals surface area contributed by atoms with Crippen LogP contribution in [0.3, 0.4) is 0 Å². The number of urea groups is 1. The lowest BCUT2D eigenvalue weighted by Gasteiger charge is -2.37. The number of fused-ring (bicyclic) bond motifs is 1. The van der Waals surface area contributed by atoms with E-state index in [4.69, 9.17) is 4.74 Å². The molecule has 0 radical (unpaired) electrons. The molecule has 0 aliphatic carbocycles. The second-order valence-electron chi connectivity index (χ2n) is 8.82. The van der Waals surface area contributed by atoms with Gasteiger partial charge in [-0.25, -0.2) is 4.79 Å². The van der Waals surface area contributed by atoms with Gasteiger partial charge in [0, 0.05) is 38.4 Å². The van der Waals surface area contributed by atoms with Crippen molar-refractivity contribution >= 4 is 17.7 Å². The van der Waals surface area contributed by atoms with E-state index in [2.05, 4.69) is 34.5 Å². The molecule has 0 aromatic heterocycles. The highest BCUT2D eigenvalue weighted by Gasteiger charge is 2.26. The van der Waals surface area contributed by atoms with Gasteiger partial charge in [-0.3, -0.25) is 9.69 Å². The lowest BCUT2D eigenvalue weighted by molar-refractivity contribution is -0.142. The third-order valence-corrected chi connectivity index (χ3v) is 6.39. The number of hydrogen-bond acceptors (Lipinski definition) is 4. The van der Waals surface area contributed by atoms with Crippen LogP contribution in [-0.2, 0) is 28.9 Å². The van der Waals surface area contributed by atoms with Gasteiger partial charge in [-0.2, -0.15) is 0 Å². The predicted octanol–water partition coefficient (Wildman–Crippen LogP) is 4.09. The highest BCUT2D eigenvalue weighted by atomic mass is 16.5. The highest BCUT2D eigenvalue weighted by molar-refractivity contribution is 5.89. The molecular formula is C26H33N3O3. The van der Waals surface area contributed by atoms with Crippen molar-refractivity contribution in [2.24, 2.45) is 5.92 Å². The molecule has 2 aromatic rings. The maximum atomic E-state index is 12.8. The van der Waals surface area contributed by atoms with E-state index in [1.165, 1.54) is 17.5 Å². The van der Waals surface area contributed by atoms with E-state index >= 15 is 0 Å². The molecule has 2 aliphatic heterocycles. The van der Waals surface area contributed by atoms with Crippen molar-refractivity contribution in [1.29, 1.82) is 0 Å². The van der Waals surface area contributed by atoms with Crippen molar-refractivity contribution < 1.29 is 14.3 Å². The third kappa shape index (κ3) is 5.88. The van der Waals surface area contributed by atoms with E-state index in [0.717, 1.165) is 56.8 Å². The summed E-state index contributed by atoms with van der Waals surface area (Å²) in [6, 6.07) is 16.1. The van der Waals surface area contributed by atoms with Gasteiger partial charge in [0.25, 0.3) is 0 Å². The lowest BCUT2D eigenvalue weighted by atomic mass is 9.95. The minimum atomic E-state index is -0.235. The average molecular weight is 436 g/mol. The molecule has 170 valence electrons. The number of ether oxygens (including phenoxy) is 1. The predicted molar refractivity (Wildman–Crippen MR) is 126 cm³/mol. The molecular weight excluding hydrogens is 402 g/mol. The molecule has 2 amide bonds. The first-order valence-electron chi connectivity index (χ1n) is 11.7. The largest absolute Gasteiger partial charge is 0.466 e. The van der Waals surface area contributed by atoms with E-state index in [1.54, 1.807) is 6.92 Å². The summed E-state index contributed by atoms with van der Waals surface area (Å²) >= 11 is 0. The van der Waals surface area contributed by atoms with Crippen molar-refractivity contribution in [2.45, 2.75) is 39.2 Å². The number of piperidine rings is 1. The number of carbonyl (C=O) groups is 2. The molecule has 2 aromatic carbocycles. The van der Waals surface area contributed by atoms with Gasteiger partial charge in [0.2, 0.25) is 0 Å². The molecule has 6 nitrogen and oxygen atoms in total. The Labute approximate surface area is 190 Å². The summed E-state index contributed by atoms with van der Waals surface area (Å²) in [4.78, 5) is 28.9. The van der Waals surface area contributed by atoms with Crippen molar-refractivity contribution in [1.82, 2.24) is 9.80 Å². The molecule has 4 rings (SSSR count). The first-order valence-corrected chi connectivity index (χ1v) is 11.7. The Morgan fingerprint density at radius 2 is 1.84 bits per heavy atom. The summed E-state index contributed by atoms with van der Waals surface area (Å²) in [6.45, 7) is 6.93. The van der Waals surface area contributed by atoms with Crippen LogP contribution in [0.25, 0.3) is 0 Å². The molecule has 0 saturated carbocycles. The first kappa shape index (κ1) is 22.3. The van der Waals surface area contributed by atoms with Crippen LogP contribution in [0.5, 0.6) is 0 Å². The van der Waals surface area contributed by atoms with Gasteiger partial charge in [-0.15, -0.1) is 0 Å². The number of nitrogens with one attached hydrogen (secondary N) is 1. The number of anilines is 1. The summed E-state index contributed by atoms with van der Waals surface area (Å²) in [5.74, 6) is 0.271. The highest BCUT2D eigenvalue weighted by Crippen LogP contribution is 2.23. The summed E-state index contributed by atoms with van der Waals surface area (Å²) < 4.78 is 4.98.